The minimum Gasteiger partial charge on any atom is -0.478 e. The van der Waals surface area contributed by atoms with Crippen molar-refractivity contribution in [3.63, 3.8) is 0 Å². The van der Waals surface area contributed by atoms with Crippen molar-refractivity contribution in [1.82, 2.24) is 25.0 Å². The average molecular weight is 406 g/mol. The minimum absolute atomic E-state index is 0.159. The van der Waals surface area contributed by atoms with Crippen molar-refractivity contribution in [3.05, 3.63) is 40.9 Å². The van der Waals surface area contributed by atoms with E-state index >= 15 is 0 Å². The van der Waals surface area contributed by atoms with E-state index in [9.17, 15) is 9.59 Å². The lowest BCUT2D eigenvalue weighted by atomic mass is 10.1. The van der Waals surface area contributed by atoms with Crippen molar-refractivity contribution < 1.29 is 14.3 Å². The highest BCUT2D eigenvalue weighted by Crippen LogP contribution is 2.24. The monoisotopic (exact) mass is 405 g/mol. The summed E-state index contributed by atoms with van der Waals surface area (Å²) in [7, 11) is 0. The fourth-order valence-electron chi connectivity index (χ4n) is 3.04. The maximum absolute atomic E-state index is 13.0. The van der Waals surface area contributed by atoms with Gasteiger partial charge in [0.05, 0.1) is 6.54 Å². The van der Waals surface area contributed by atoms with Crippen molar-refractivity contribution in [2.75, 3.05) is 13.1 Å². The quantitative estimate of drug-likeness (QED) is 0.796. The van der Waals surface area contributed by atoms with E-state index in [1.54, 1.807) is 47.6 Å². The van der Waals surface area contributed by atoms with Crippen LogP contribution in [0.15, 0.2) is 24.3 Å². The first-order valence-corrected chi connectivity index (χ1v) is 9.64. The number of nitrogens with one attached hydrogen (secondary N) is 1. The van der Waals surface area contributed by atoms with Crippen LogP contribution in [0.2, 0.25) is 5.02 Å². The van der Waals surface area contributed by atoms with E-state index in [-0.39, 0.29) is 24.2 Å². The number of fused-ring (bicyclic) bond motifs is 1. The van der Waals surface area contributed by atoms with E-state index in [0.29, 0.717) is 36.2 Å². The number of carbonyl (C=O) groups excluding carboxylic acids is 2. The first-order chi connectivity index (χ1) is 13.3. The van der Waals surface area contributed by atoms with Crippen LogP contribution < -0.4 is 10.1 Å². The topological polar surface area (TPSA) is 89.4 Å². The van der Waals surface area contributed by atoms with Crippen molar-refractivity contribution in [3.8, 4) is 5.75 Å². The van der Waals surface area contributed by atoms with Crippen molar-refractivity contribution in [2.45, 2.75) is 45.9 Å². The molecule has 1 aliphatic rings. The van der Waals surface area contributed by atoms with Crippen molar-refractivity contribution >= 4 is 23.4 Å². The van der Waals surface area contributed by atoms with E-state index in [0.717, 1.165) is 6.42 Å². The summed E-state index contributed by atoms with van der Waals surface area (Å²) in [6.07, 6.45) is 0.845. The number of hydrogen-bond acceptors (Lipinski definition) is 5. The van der Waals surface area contributed by atoms with Gasteiger partial charge in [-0.2, -0.15) is 0 Å². The van der Waals surface area contributed by atoms with Gasteiger partial charge in [0.25, 0.3) is 11.8 Å². The van der Waals surface area contributed by atoms with Gasteiger partial charge in [-0.3, -0.25) is 9.59 Å². The third-order valence-electron chi connectivity index (χ3n) is 4.48. The summed E-state index contributed by atoms with van der Waals surface area (Å²) < 4.78 is 7.66. The molecular weight excluding hydrogens is 382 g/mol. The molecule has 1 aromatic heterocycles. The van der Waals surface area contributed by atoms with Crippen molar-refractivity contribution in [2.24, 2.45) is 0 Å². The lowest BCUT2D eigenvalue weighted by Gasteiger charge is -2.34. The SMILES string of the molecule is CCCNC(=O)c1nnc2n1CCN(C(=O)C(C)(C)Oc1ccc(Cl)cc1)C2. The lowest BCUT2D eigenvalue weighted by molar-refractivity contribution is -0.147. The molecule has 0 fully saturated rings. The number of aromatic nitrogens is 3. The number of ether oxygens (including phenoxy) is 1. The predicted octanol–water partition coefficient (Wildman–Crippen LogP) is 2.27. The van der Waals surface area contributed by atoms with Gasteiger partial charge in [0.15, 0.2) is 11.4 Å². The molecule has 0 aliphatic carbocycles. The van der Waals surface area contributed by atoms with Gasteiger partial charge in [0.1, 0.15) is 5.75 Å². The molecular formula is C19H24ClN5O3. The van der Waals surface area contributed by atoms with Crippen molar-refractivity contribution in [1.29, 1.82) is 0 Å². The summed E-state index contributed by atoms with van der Waals surface area (Å²) in [4.78, 5) is 26.9. The van der Waals surface area contributed by atoms with Gasteiger partial charge in [-0.1, -0.05) is 18.5 Å². The van der Waals surface area contributed by atoms with E-state index in [1.807, 2.05) is 6.92 Å². The zero-order chi connectivity index (χ0) is 20.3. The smallest absolute Gasteiger partial charge is 0.289 e. The molecule has 8 nitrogen and oxygen atoms in total. The van der Waals surface area contributed by atoms with Crippen LogP contribution >= 0.6 is 11.6 Å². The van der Waals surface area contributed by atoms with Crippen LogP contribution in [0.5, 0.6) is 5.75 Å². The standard InChI is InChI=1S/C19H24ClN5O3/c1-4-9-21-17(26)16-23-22-15-12-24(10-11-25(15)16)18(27)19(2,3)28-14-7-5-13(20)6-8-14/h5-8H,4,9-12H2,1-3H3,(H,21,26). The van der Waals surface area contributed by atoms with E-state index in [2.05, 4.69) is 15.5 Å². The normalized spacial score (nSPS) is 13.8. The number of rotatable bonds is 6. The molecule has 150 valence electrons. The van der Waals surface area contributed by atoms with Gasteiger partial charge in [-0.05, 0) is 44.5 Å². The van der Waals surface area contributed by atoms with Gasteiger partial charge < -0.3 is 19.5 Å². The molecule has 1 aromatic carbocycles. The molecule has 3 rings (SSSR count). The first-order valence-electron chi connectivity index (χ1n) is 9.26. The van der Waals surface area contributed by atoms with Crippen LogP contribution in [0.3, 0.4) is 0 Å². The molecule has 2 aromatic rings. The summed E-state index contributed by atoms with van der Waals surface area (Å²) in [5, 5.41) is 11.5. The Labute approximate surface area is 168 Å². The molecule has 1 N–H and O–H groups in total. The molecule has 0 saturated carbocycles. The molecule has 0 radical (unpaired) electrons. The molecule has 0 bridgehead atoms. The summed E-state index contributed by atoms with van der Waals surface area (Å²) in [5.41, 5.74) is -1.06. The fourth-order valence-corrected chi connectivity index (χ4v) is 3.16. The Balaban J connectivity index is 1.69. The number of hydrogen-bond donors (Lipinski definition) is 1. The summed E-state index contributed by atoms with van der Waals surface area (Å²) >= 11 is 5.89. The van der Waals surface area contributed by atoms with Crippen LogP contribution in [-0.2, 0) is 17.9 Å². The number of halogens is 1. The first kappa shape index (κ1) is 20.1. The maximum atomic E-state index is 13.0. The van der Waals surface area contributed by atoms with Gasteiger partial charge in [0.2, 0.25) is 5.82 Å². The fraction of sp³-hybridized carbons (Fsp3) is 0.474. The van der Waals surface area contributed by atoms with Crippen LogP contribution in [0.1, 0.15) is 43.6 Å². The molecule has 28 heavy (non-hydrogen) atoms. The van der Waals surface area contributed by atoms with E-state index in [4.69, 9.17) is 16.3 Å². The van der Waals surface area contributed by atoms with Gasteiger partial charge in [0, 0.05) is 24.7 Å². The van der Waals surface area contributed by atoms with Gasteiger partial charge >= 0.3 is 0 Å². The number of carbonyl (C=O) groups is 2. The molecule has 1 aliphatic heterocycles. The zero-order valence-electron chi connectivity index (χ0n) is 16.2. The molecule has 2 heterocycles. The van der Waals surface area contributed by atoms with Crippen LogP contribution in [0, 0.1) is 0 Å². The molecule has 9 heteroatoms. The zero-order valence-corrected chi connectivity index (χ0v) is 17.0. The second kappa shape index (κ2) is 8.18. The van der Waals surface area contributed by atoms with Gasteiger partial charge in [-0.15, -0.1) is 10.2 Å². The Morgan fingerprint density at radius 1 is 1.21 bits per heavy atom. The number of amides is 2. The Morgan fingerprint density at radius 3 is 2.61 bits per heavy atom. The number of benzene rings is 1. The summed E-state index contributed by atoms with van der Waals surface area (Å²) in [6.45, 7) is 7.21. The third kappa shape index (κ3) is 4.27. The number of nitrogens with zero attached hydrogens (tertiary/aromatic N) is 4. The molecule has 0 unspecified atom stereocenters. The highest BCUT2D eigenvalue weighted by atomic mass is 35.5. The van der Waals surface area contributed by atoms with Crippen LogP contribution in [-0.4, -0.2) is 50.2 Å². The third-order valence-corrected chi connectivity index (χ3v) is 4.73. The Hall–Kier alpha value is -2.61. The highest BCUT2D eigenvalue weighted by molar-refractivity contribution is 6.30. The summed E-state index contributed by atoms with van der Waals surface area (Å²) in [5.74, 6) is 1.04. The lowest BCUT2D eigenvalue weighted by Crippen LogP contribution is -2.51. The maximum Gasteiger partial charge on any atom is 0.289 e. The van der Waals surface area contributed by atoms with Crippen LogP contribution in [0.4, 0.5) is 0 Å². The minimum atomic E-state index is -1.06. The predicted molar refractivity (Wildman–Crippen MR) is 104 cm³/mol. The second-order valence-electron chi connectivity index (χ2n) is 7.14. The van der Waals surface area contributed by atoms with E-state index < -0.39 is 5.60 Å². The van der Waals surface area contributed by atoms with E-state index in [1.165, 1.54) is 0 Å². The molecule has 0 atom stereocenters. The molecule has 0 saturated heterocycles. The Kier molecular flexibility index (Phi) is 5.88. The average Bonchev–Trinajstić information content (AvgIpc) is 3.10. The molecule has 0 spiro atoms. The largest absolute Gasteiger partial charge is 0.478 e. The highest BCUT2D eigenvalue weighted by Gasteiger charge is 2.37. The molecule has 2 amide bonds. The Morgan fingerprint density at radius 2 is 1.93 bits per heavy atom. The van der Waals surface area contributed by atoms with Crippen LogP contribution in [0.25, 0.3) is 0 Å². The summed E-state index contributed by atoms with van der Waals surface area (Å²) in [6, 6.07) is 6.88. The second-order valence-corrected chi connectivity index (χ2v) is 7.58. The Bertz CT molecular complexity index is 863. The van der Waals surface area contributed by atoms with Gasteiger partial charge in [-0.25, -0.2) is 0 Å².